The van der Waals surface area contributed by atoms with E-state index in [0.29, 0.717) is 0 Å². The molecular formula is C9H7Br2N. The number of fused-ring (bicyclic) bond motifs is 1. The maximum atomic E-state index is 3.44. The predicted octanol–water partition coefficient (Wildman–Crippen LogP) is 3.83. The number of aromatic nitrogens is 1. The van der Waals surface area contributed by atoms with Gasteiger partial charge in [0.2, 0.25) is 0 Å². The van der Waals surface area contributed by atoms with Gasteiger partial charge >= 0.3 is 0 Å². The third-order valence-corrected chi connectivity index (χ3v) is 2.88. The van der Waals surface area contributed by atoms with Gasteiger partial charge in [-0.3, -0.25) is 0 Å². The molecule has 0 radical (unpaired) electrons. The number of hydrogen-bond donors (Lipinski definition) is 1. The third-order valence-electron chi connectivity index (χ3n) is 1.78. The first-order valence-corrected chi connectivity index (χ1v) is 5.54. The van der Waals surface area contributed by atoms with Crippen LogP contribution in [0.4, 0.5) is 0 Å². The Morgan fingerprint density at radius 3 is 2.83 bits per heavy atom. The van der Waals surface area contributed by atoms with E-state index in [1.807, 2.05) is 6.07 Å². The van der Waals surface area contributed by atoms with E-state index in [4.69, 9.17) is 0 Å². The number of H-pyrrole nitrogens is 1. The zero-order valence-corrected chi connectivity index (χ0v) is 9.44. The predicted molar refractivity (Wildman–Crippen MR) is 58.6 cm³/mol. The molecule has 1 N–H and O–H groups in total. The Bertz CT molecular complexity index is 406. The van der Waals surface area contributed by atoms with Gasteiger partial charge in [-0.25, -0.2) is 0 Å². The van der Waals surface area contributed by atoms with Crippen LogP contribution in [-0.4, -0.2) is 4.98 Å². The molecule has 1 nitrogen and oxygen atoms in total. The molecule has 12 heavy (non-hydrogen) atoms. The zero-order chi connectivity index (χ0) is 8.55. The summed E-state index contributed by atoms with van der Waals surface area (Å²) >= 11 is 6.85. The molecule has 0 aliphatic heterocycles. The number of aromatic amines is 1. The Kier molecular flexibility index (Phi) is 2.24. The highest BCUT2D eigenvalue weighted by atomic mass is 79.9. The maximum Gasteiger partial charge on any atom is 0.0457 e. The summed E-state index contributed by atoms with van der Waals surface area (Å²) in [7, 11) is 0. The van der Waals surface area contributed by atoms with E-state index >= 15 is 0 Å². The molecule has 2 rings (SSSR count). The van der Waals surface area contributed by atoms with Crippen molar-refractivity contribution in [2.75, 3.05) is 0 Å². The van der Waals surface area contributed by atoms with Crippen molar-refractivity contribution in [2.45, 2.75) is 5.33 Å². The largest absolute Gasteiger partial charge is 0.358 e. The van der Waals surface area contributed by atoms with E-state index in [0.717, 1.165) is 9.80 Å². The van der Waals surface area contributed by atoms with Crippen molar-refractivity contribution in [1.29, 1.82) is 0 Å². The average molecular weight is 289 g/mol. The molecule has 0 atom stereocenters. The van der Waals surface area contributed by atoms with Crippen LogP contribution in [0.15, 0.2) is 28.7 Å². The van der Waals surface area contributed by atoms with Crippen LogP contribution in [0.1, 0.15) is 5.69 Å². The SMILES string of the molecule is BrCc1cc2cc(Br)ccc2[nH]1. The molecule has 1 aromatic carbocycles. The van der Waals surface area contributed by atoms with Crippen LogP contribution in [0.5, 0.6) is 0 Å². The molecule has 0 bridgehead atoms. The molecule has 62 valence electrons. The van der Waals surface area contributed by atoms with E-state index in [1.54, 1.807) is 0 Å². The molecule has 0 saturated heterocycles. The lowest BCUT2D eigenvalue weighted by atomic mass is 10.2. The van der Waals surface area contributed by atoms with Crippen LogP contribution in [0.3, 0.4) is 0 Å². The van der Waals surface area contributed by atoms with Crippen LogP contribution in [0.2, 0.25) is 0 Å². The lowest BCUT2D eigenvalue weighted by Crippen LogP contribution is -1.71. The summed E-state index contributed by atoms with van der Waals surface area (Å²) in [6.45, 7) is 0. The highest BCUT2D eigenvalue weighted by molar-refractivity contribution is 9.10. The van der Waals surface area contributed by atoms with Gasteiger partial charge in [-0.2, -0.15) is 0 Å². The minimum Gasteiger partial charge on any atom is -0.358 e. The number of rotatable bonds is 1. The third kappa shape index (κ3) is 1.43. The topological polar surface area (TPSA) is 15.8 Å². The molecule has 0 saturated carbocycles. The lowest BCUT2D eigenvalue weighted by molar-refractivity contribution is 1.28. The van der Waals surface area contributed by atoms with E-state index in [1.165, 1.54) is 16.6 Å². The van der Waals surface area contributed by atoms with Gasteiger partial charge in [0.05, 0.1) is 0 Å². The lowest BCUT2D eigenvalue weighted by Gasteiger charge is -1.89. The highest BCUT2D eigenvalue weighted by Crippen LogP contribution is 2.21. The van der Waals surface area contributed by atoms with Crippen LogP contribution in [-0.2, 0) is 5.33 Å². The van der Waals surface area contributed by atoms with Crippen molar-refractivity contribution in [3.63, 3.8) is 0 Å². The van der Waals surface area contributed by atoms with Crippen molar-refractivity contribution < 1.29 is 0 Å². The van der Waals surface area contributed by atoms with E-state index in [9.17, 15) is 0 Å². The second kappa shape index (κ2) is 3.23. The first-order chi connectivity index (χ1) is 5.79. The standard InChI is InChI=1S/C9H7Br2N/c10-5-8-4-6-3-7(11)1-2-9(6)12-8/h1-4,12H,5H2. The number of benzene rings is 1. The molecule has 1 aromatic heterocycles. The van der Waals surface area contributed by atoms with Gasteiger partial charge in [-0.05, 0) is 24.3 Å². The van der Waals surface area contributed by atoms with Crippen molar-refractivity contribution in [2.24, 2.45) is 0 Å². The van der Waals surface area contributed by atoms with Crippen LogP contribution in [0.25, 0.3) is 10.9 Å². The van der Waals surface area contributed by atoms with Gasteiger partial charge in [-0.15, -0.1) is 0 Å². The maximum absolute atomic E-state index is 3.44. The normalized spacial score (nSPS) is 10.8. The molecule has 0 fully saturated rings. The van der Waals surface area contributed by atoms with Gasteiger partial charge in [0.1, 0.15) is 0 Å². The smallest absolute Gasteiger partial charge is 0.0457 e. The monoisotopic (exact) mass is 287 g/mol. The van der Waals surface area contributed by atoms with E-state index in [-0.39, 0.29) is 0 Å². The Hall–Kier alpha value is -0.280. The Balaban J connectivity index is 2.67. The molecular weight excluding hydrogens is 282 g/mol. The molecule has 0 spiro atoms. The first-order valence-electron chi connectivity index (χ1n) is 3.63. The van der Waals surface area contributed by atoms with Crippen LogP contribution >= 0.6 is 31.9 Å². The van der Waals surface area contributed by atoms with Crippen molar-refractivity contribution >= 4 is 42.8 Å². The molecule has 0 aliphatic rings. The summed E-state index contributed by atoms with van der Waals surface area (Å²) in [5.74, 6) is 0. The fourth-order valence-corrected chi connectivity index (χ4v) is 1.92. The van der Waals surface area contributed by atoms with E-state index < -0.39 is 0 Å². The fraction of sp³-hybridized carbons (Fsp3) is 0.111. The van der Waals surface area contributed by atoms with Gasteiger partial charge in [-0.1, -0.05) is 31.9 Å². The van der Waals surface area contributed by atoms with E-state index in [2.05, 4.69) is 55.0 Å². The van der Waals surface area contributed by atoms with Crippen molar-refractivity contribution in [1.82, 2.24) is 4.98 Å². The van der Waals surface area contributed by atoms with Gasteiger partial charge in [0.15, 0.2) is 0 Å². The Labute approximate surface area is 87.4 Å². The number of nitrogens with one attached hydrogen (secondary N) is 1. The summed E-state index contributed by atoms with van der Waals surface area (Å²) in [4.78, 5) is 3.30. The summed E-state index contributed by atoms with van der Waals surface area (Å²) in [5.41, 5.74) is 2.40. The average Bonchev–Trinajstić information content (AvgIpc) is 2.46. The highest BCUT2D eigenvalue weighted by Gasteiger charge is 1.98. The zero-order valence-electron chi connectivity index (χ0n) is 6.27. The first kappa shape index (κ1) is 8.32. The summed E-state index contributed by atoms with van der Waals surface area (Å²) in [6, 6.07) is 8.37. The van der Waals surface area contributed by atoms with Gasteiger partial charge < -0.3 is 4.98 Å². The molecule has 1 heterocycles. The minimum absolute atomic E-state index is 0.874. The second-order valence-corrected chi connectivity index (χ2v) is 4.14. The summed E-state index contributed by atoms with van der Waals surface area (Å²) < 4.78 is 1.12. The Morgan fingerprint density at radius 1 is 1.25 bits per heavy atom. The van der Waals surface area contributed by atoms with Gasteiger partial charge in [0.25, 0.3) is 0 Å². The quantitative estimate of drug-likeness (QED) is 0.768. The van der Waals surface area contributed by atoms with Crippen molar-refractivity contribution in [3.8, 4) is 0 Å². The molecule has 2 aromatic rings. The fourth-order valence-electron chi connectivity index (χ4n) is 1.24. The summed E-state index contributed by atoms with van der Waals surface area (Å²) in [5, 5.41) is 2.12. The molecule has 0 unspecified atom stereocenters. The van der Waals surface area contributed by atoms with Crippen LogP contribution < -0.4 is 0 Å². The van der Waals surface area contributed by atoms with Crippen LogP contribution in [0, 0.1) is 0 Å². The molecule has 0 aliphatic carbocycles. The van der Waals surface area contributed by atoms with Crippen molar-refractivity contribution in [3.05, 3.63) is 34.4 Å². The number of hydrogen-bond acceptors (Lipinski definition) is 0. The summed E-state index contributed by atoms with van der Waals surface area (Å²) in [6.07, 6.45) is 0. The molecule has 3 heteroatoms. The minimum atomic E-state index is 0.874. The van der Waals surface area contributed by atoms with Gasteiger partial charge in [0, 0.05) is 26.4 Å². The number of alkyl halides is 1. The second-order valence-electron chi connectivity index (χ2n) is 2.66. The molecule has 0 amide bonds. The Morgan fingerprint density at radius 2 is 2.08 bits per heavy atom. The number of halogens is 2.